The molecular weight excluding hydrogens is 560 g/mol. The Kier molecular flexibility index (Phi) is 29.6. The van der Waals surface area contributed by atoms with Crippen molar-refractivity contribution in [3.05, 3.63) is 11.8 Å². The van der Waals surface area contributed by atoms with Crippen LogP contribution in [0, 0.1) is 0 Å². The Hall–Kier alpha value is -1.97. The van der Waals surface area contributed by atoms with Gasteiger partial charge in [0, 0.05) is 25.8 Å². The third-order valence-corrected chi connectivity index (χ3v) is 7.95. The average molecular weight is 627 g/mol. The molecule has 0 saturated heterocycles. The summed E-state index contributed by atoms with van der Waals surface area (Å²) in [5.41, 5.74) is 0. The summed E-state index contributed by atoms with van der Waals surface area (Å²) in [7, 11) is 0. The number of aliphatic hydroxyl groups excluding tert-OH is 1. The summed E-state index contributed by atoms with van der Waals surface area (Å²) in [4.78, 5) is 38.3. The minimum absolute atomic E-state index is 0.135. The zero-order valence-corrected chi connectivity index (χ0v) is 28.2. The van der Waals surface area contributed by atoms with Gasteiger partial charge in [-0.3, -0.25) is 14.4 Å². The summed E-state index contributed by atoms with van der Waals surface area (Å²) in [6, 6.07) is 0. The van der Waals surface area contributed by atoms with Gasteiger partial charge in [0.2, 0.25) is 0 Å². The summed E-state index contributed by atoms with van der Waals surface area (Å²) < 4.78 is 5.34. The predicted octanol–water partition coefficient (Wildman–Crippen LogP) is 7.41. The molecule has 0 aliphatic carbocycles. The smallest absolute Gasteiger partial charge is 0.310 e. The number of unbranched alkanes of at least 4 members (excludes halogenated alkanes) is 13. The predicted molar refractivity (Wildman–Crippen MR) is 178 cm³/mol. The number of aliphatic carboxylic acids is 2. The lowest BCUT2D eigenvalue weighted by Crippen LogP contribution is -2.33. The van der Waals surface area contributed by atoms with Crippen molar-refractivity contribution in [2.24, 2.45) is 0 Å². The van der Waals surface area contributed by atoms with E-state index in [1.165, 1.54) is 0 Å². The lowest BCUT2D eigenvalue weighted by Gasteiger charge is -2.26. The van der Waals surface area contributed by atoms with Crippen molar-refractivity contribution in [3.63, 3.8) is 0 Å². The average Bonchev–Trinajstić information content (AvgIpc) is 2.97. The molecule has 9 nitrogen and oxygen atoms in total. The molecule has 0 aliphatic rings. The molecule has 0 radical (unpaired) electrons. The van der Waals surface area contributed by atoms with Crippen molar-refractivity contribution in [2.75, 3.05) is 45.9 Å². The normalized spacial score (nSPS) is 11.9. The van der Waals surface area contributed by atoms with Crippen LogP contribution in [0.25, 0.3) is 0 Å². The van der Waals surface area contributed by atoms with Crippen molar-refractivity contribution in [2.45, 2.75) is 149 Å². The highest BCUT2D eigenvalue weighted by Crippen LogP contribution is 2.12. The molecule has 0 rings (SSSR count). The molecule has 0 bridgehead atoms. The first-order chi connectivity index (χ1) is 21.3. The number of allylic oxidation sites excluding steroid dienone is 2. The maximum absolute atomic E-state index is 11.9. The standard InChI is InChI=1S/C35H66N2O7/c1-3-4-21-32(2)44-35(43)24-16-10-7-13-19-27-37(30-31-38)29-20-28-36(25-17-11-5-8-14-22-33(39)40)26-18-12-6-9-15-23-34(41)42/h21,38H,3-20,22-31H2,1-2H3,(H,39,40)(H,41,42)/b32-21-. The van der Waals surface area contributed by atoms with Gasteiger partial charge in [-0.05, 0) is 97.1 Å². The fourth-order valence-corrected chi connectivity index (χ4v) is 5.37. The van der Waals surface area contributed by atoms with Crippen molar-refractivity contribution >= 4 is 17.9 Å². The molecular formula is C35H66N2O7. The third kappa shape index (κ3) is 30.1. The molecule has 0 unspecified atom stereocenters. The van der Waals surface area contributed by atoms with E-state index in [1.54, 1.807) is 0 Å². The first kappa shape index (κ1) is 42.0. The summed E-state index contributed by atoms with van der Waals surface area (Å²) in [6.45, 7) is 9.90. The number of carboxylic acid groups (broad SMARTS) is 2. The summed E-state index contributed by atoms with van der Waals surface area (Å²) in [5, 5.41) is 27.2. The Balaban J connectivity index is 4.31. The number of carbonyl (C=O) groups excluding carboxylic acids is 1. The molecule has 3 N–H and O–H groups in total. The number of rotatable bonds is 33. The molecule has 0 aromatic carbocycles. The molecule has 258 valence electrons. The highest BCUT2D eigenvalue weighted by atomic mass is 16.5. The van der Waals surface area contributed by atoms with E-state index < -0.39 is 11.9 Å². The largest absolute Gasteiger partial charge is 0.481 e. The van der Waals surface area contributed by atoms with Crippen LogP contribution in [-0.2, 0) is 19.1 Å². The van der Waals surface area contributed by atoms with E-state index in [-0.39, 0.29) is 25.4 Å². The lowest BCUT2D eigenvalue weighted by atomic mass is 10.1. The molecule has 0 saturated carbocycles. The first-order valence-electron chi connectivity index (χ1n) is 17.6. The SMILES string of the molecule is CCC/C=C(/C)OC(=O)CCCCCCCN(CCO)CCCN(CCCCCCCC(=O)O)CCCCCCCC(=O)O. The number of aliphatic hydroxyl groups is 1. The highest BCUT2D eigenvalue weighted by molar-refractivity contribution is 5.70. The van der Waals surface area contributed by atoms with Crippen molar-refractivity contribution in [1.82, 2.24) is 9.80 Å². The number of hydrogen-bond donors (Lipinski definition) is 3. The zero-order chi connectivity index (χ0) is 32.7. The van der Waals surface area contributed by atoms with Crippen LogP contribution < -0.4 is 0 Å². The molecule has 0 aliphatic heterocycles. The molecule has 0 atom stereocenters. The molecule has 0 aromatic heterocycles. The minimum atomic E-state index is -0.713. The molecule has 0 spiro atoms. The van der Waals surface area contributed by atoms with Gasteiger partial charge in [-0.1, -0.05) is 71.1 Å². The van der Waals surface area contributed by atoms with E-state index in [9.17, 15) is 19.5 Å². The van der Waals surface area contributed by atoms with E-state index in [0.29, 0.717) is 18.7 Å². The summed E-state index contributed by atoms with van der Waals surface area (Å²) in [6.07, 6.45) is 21.3. The fourth-order valence-electron chi connectivity index (χ4n) is 5.37. The molecule has 0 amide bonds. The van der Waals surface area contributed by atoms with Gasteiger partial charge in [-0.15, -0.1) is 0 Å². The second-order valence-electron chi connectivity index (χ2n) is 12.2. The summed E-state index contributed by atoms with van der Waals surface area (Å²) >= 11 is 0. The Morgan fingerprint density at radius 3 is 1.39 bits per heavy atom. The summed E-state index contributed by atoms with van der Waals surface area (Å²) in [5.74, 6) is -0.854. The first-order valence-corrected chi connectivity index (χ1v) is 17.6. The van der Waals surface area contributed by atoms with Crippen LogP contribution >= 0.6 is 0 Å². The van der Waals surface area contributed by atoms with Gasteiger partial charge < -0.3 is 29.9 Å². The minimum Gasteiger partial charge on any atom is -0.481 e. The van der Waals surface area contributed by atoms with Crippen LogP contribution in [0.2, 0.25) is 0 Å². The van der Waals surface area contributed by atoms with Gasteiger partial charge in [-0.2, -0.15) is 0 Å². The fraction of sp³-hybridized carbons (Fsp3) is 0.857. The maximum atomic E-state index is 11.9. The Bertz CT molecular complexity index is 717. The highest BCUT2D eigenvalue weighted by Gasteiger charge is 2.09. The second-order valence-corrected chi connectivity index (χ2v) is 12.2. The number of esters is 1. The maximum Gasteiger partial charge on any atom is 0.310 e. The Morgan fingerprint density at radius 1 is 0.568 bits per heavy atom. The van der Waals surface area contributed by atoms with Crippen LogP contribution in [0.15, 0.2) is 11.8 Å². The third-order valence-electron chi connectivity index (χ3n) is 7.95. The van der Waals surface area contributed by atoms with Crippen LogP contribution in [0.3, 0.4) is 0 Å². The van der Waals surface area contributed by atoms with Crippen LogP contribution in [-0.4, -0.2) is 88.9 Å². The Labute approximate surface area is 268 Å². The van der Waals surface area contributed by atoms with Crippen molar-refractivity contribution < 1.29 is 34.4 Å². The van der Waals surface area contributed by atoms with Gasteiger partial charge in [0.25, 0.3) is 0 Å². The number of ether oxygens (including phenoxy) is 1. The van der Waals surface area contributed by atoms with Gasteiger partial charge in [0.1, 0.15) is 5.76 Å². The van der Waals surface area contributed by atoms with Gasteiger partial charge in [0.15, 0.2) is 0 Å². The van der Waals surface area contributed by atoms with Crippen molar-refractivity contribution in [1.29, 1.82) is 0 Å². The van der Waals surface area contributed by atoms with Crippen LogP contribution in [0.5, 0.6) is 0 Å². The Morgan fingerprint density at radius 2 is 0.955 bits per heavy atom. The quantitative estimate of drug-likeness (QED) is 0.0387. The van der Waals surface area contributed by atoms with Gasteiger partial charge >= 0.3 is 17.9 Å². The van der Waals surface area contributed by atoms with E-state index in [2.05, 4.69) is 16.7 Å². The number of carbonyl (C=O) groups is 3. The van der Waals surface area contributed by atoms with E-state index in [0.717, 1.165) is 148 Å². The van der Waals surface area contributed by atoms with Gasteiger partial charge in [-0.25, -0.2) is 0 Å². The van der Waals surface area contributed by atoms with Gasteiger partial charge in [0.05, 0.1) is 6.61 Å². The van der Waals surface area contributed by atoms with E-state index in [4.69, 9.17) is 14.9 Å². The number of hydrogen-bond acceptors (Lipinski definition) is 7. The second kappa shape index (κ2) is 31.0. The van der Waals surface area contributed by atoms with Crippen molar-refractivity contribution in [3.8, 4) is 0 Å². The monoisotopic (exact) mass is 626 g/mol. The molecule has 44 heavy (non-hydrogen) atoms. The molecule has 0 heterocycles. The number of nitrogens with zero attached hydrogens (tertiary/aromatic N) is 2. The van der Waals surface area contributed by atoms with Crippen LogP contribution in [0.1, 0.15) is 149 Å². The zero-order valence-electron chi connectivity index (χ0n) is 28.2. The topological polar surface area (TPSA) is 128 Å². The van der Waals surface area contributed by atoms with E-state index >= 15 is 0 Å². The molecule has 9 heteroatoms. The molecule has 0 aromatic rings. The van der Waals surface area contributed by atoms with Crippen LogP contribution in [0.4, 0.5) is 0 Å². The number of carboxylic acids is 2. The van der Waals surface area contributed by atoms with E-state index in [1.807, 2.05) is 13.0 Å². The molecule has 0 fully saturated rings. The lowest BCUT2D eigenvalue weighted by molar-refractivity contribution is -0.140.